The van der Waals surface area contributed by atoms with Gasteiger partial charge in [-0.25, -0.2) is 4.98 Å². The smallest absolute Gasteiger partial charge is 0.240 e. The van der Waals surface area contributed by atoms with E-state index in [1.54, 1.807) is 0 Å². The largest absolute Gasteiger partial charge is 0.301 e. The zero-order valence-electron chi connectivity index (χ0n) is 14.6. The second kappa shape index (κ2) is 7.45. The molecule has 2 aromatic rings. The molecule has 1 aromatic carbocycles. The Kier molecular flexibility index (Phi) is 5.31. The topological polar surface area (TPSA) is 45.2 Å². The molecule has 0 aliphatic carbocycles. The molecular weight excluding hydrogens is 318 g/mol. The lowest BCUT2D eigenvalue weighted by molar-refractivity contribution is -0.117. The van der Waals surface area contributed by atoms with Crippen molar-refractivity contribution in [3.63, 3.8) is 0 Å². The lowest BCUT2D eigenvalue weighted by atomic mass is 9.99. The van der Waals surface area contributed by atoms with Crippen molar-refractivity contribution >= 4 is 22.4 Å². The Hall–Kier alpha value is -1.72. The van der Waals surface area contributed by atoms with Crippen LogP contribution in [-0.4, -0.2) is 35.4 Å². The van der Waals surface area contributed by atoms with Crippen LogP contribution in [0.25, 0.3) is 11.3 Å². The van der Waals surface area contributed by atoms with Crippen molar-refractivity contribution in [2.45, 2.75) is 33.6 Å². The fourth-order valence-corrected chi connectivity index (χ4v) is 3.68. The highest BCUT2D eigenvalue weighted by Gasteiger charge is 2.18. The molecule has 1 fully saturated rings. The van der Waals surface area contributed by atoms with E-state index < -0.39 is 0 Å². The molecule has 5 heteroatoms. The van der Waals surface area contributed by atoms with Gasteiger partial charge in [-0.05, 0) is 62.9 Å². The average molecular weight is 343 g/mol. The van der Waals surface area contributed by atoms with Gasteiger partial charge in [0.15, 0.2) is 5.13 Å². The molecule has 0 spiro atoms. The molecule has 1 aliphatic heterocycles. The van der Waals surface area contributed by atoms with Gasteiger partial charge in [-0.15, -0.1) is 11.3 Å². The molecule has 1 N–H and O–H groups in total. The maximum absolute atomic E-state index is 12.2. The van der Waals surface area contributed by atoms with Gasteiger partial charge in [0, 0.05) is 10.9 Å². The van der Waals surface area contributed by atoms with Crippen molar-refractivity contribution in [3.8, 4) is 11.3 Å². The number of aromatic nitrogens is 1. The molecule has 128 valence electrons. The van der Waals surface area contributed by atoms with Gasteiger partial charge in [0.1, 0.15) is 0 Å². The molecule has 1 aromatic heterocycles. The summed E-state index contributed by atoms with van der Waals surface area (Å²) in [5, 5.41) is 5.62. The molecule has 1 saturated heterocycles. The number of hydrogen-bond acceptors (Lipinski definition) is 4. The van der Waals surface area contributed by atoms with E-state index in [0.717, 1.165) is 30.3 Å². The Labute approximate surface area is 147 Å². The molecule has 0 saturated carbocycles. The molecule has 0 bridgehead atoms. The van der Waals surface area contributed by atoms with Crippen LogP contribution in [0.5, 0.6) is 0 Å². The summed E-state index contributed by atoms with van der Waals surface area (Å²) < 4.78 is 0. The molecule has 1 aliphatic rings. The summed E-state index contributed by atoms with van der Waals surface area (Å²) in [5.74, 6) is 0.814. The van der Waals surface area contributed by atoms with Gasteiger partial charge in [-0.3, -0.25) is 9.69 Å². The summed E-state index contributed by atoms with van der Waals surface area (Å²) in [7, 11) is 0. The van der Waals surface area contributed by atoms with Crippen molar-refractivity contribution in [2.75, 3.05) is 25.0 Å². The minimum absolute atomic E-state index is 0.0329. The van der Waals surface area contributed by atoms with Crippen molar-refractivity contribution in [2.24, 2.45) is 5.92 Å². The van der Waals surface area contributed by atoms with Crippen molar-refractivity contribution in [1.29, 1.82) is 0 Å². The number of rotatable bonds is 4. The molecule has 0 radical (unpaired) electrons. The van der Waals surface area contributed by atoms with Gasteiger partial charge in [0.2, 0.25) is 5.91 Å². The molecular formula is C19H25N3OS. The Morgan fingerprint density at radius 3 is 2.75 bits per heavy atom. The Balaban J connectivity index is 1.59. The lowest BCUT2D eigenvalue weighted by Crippen LogP contribution is -2.38. The molecule has 1 amide bonds. The van der Waals surface area contributed by atoms with Gasteiger partial charge in [-0.2, -0.15) is 0 Å². The monoisotopic (exact) mass is 343 g/mol. The van der Waals surface area contributed by atoms with Crippen LogP contribution in [0.3, 0.4) is 0 Å². The number of piperidine rings is 1. The second-order valence-electron chi connectivity index (χ2n) is 6.84. The summed E-state index contributed by atoms with van der Waals surface area (Å²) in [6.45, 7) is 8.98. The van der Waals surface area contributed by atoms with Crippen LogP contribution >= 0.6 is 11.3 Å². The minimum Gasteiger partial charge on any atom is -0.301 e. The third kappa shape index (κ3) is 4.22. The Bertz CT molecular complexity index is 717. The first kappa shape index (κ1) is 17.1. The van der Waals surface area contributed by atoms with Gasteiger partial charge in [0.25, 0.3) is 0 Å². The minimum atomic E-state index is 0.0329. The van der Waals surface area contributed by atoms with Gasteiger partial charge in [-0.1, -0.05) is 19.1 Å². The third-order valence-corrected chi connectivity index (χ3v) is 5.55. The van der Waals surface area contributed by atoms with Crippen molar-refractivity contribution in [1.82, 2.24) is 9.88 Å². The van der Waals surface area contributed by atoms with Crippen LogP contribution in [-0.2, 0) is 4.79 Å². The number of amides is 1. The molecule has 24 heavy (non-hydrogen) atoms. The van der Waals surface area contributed by atoms with Crippen LogP contribution in [0.15, 0.2) is 23.6 Å². The number of nitrogens with one attached hydrogen (secondary N) is 1. The Morgan fingerprint density at radius 2 is 2.04 bits per heavy atom. The maximum Gasteiger partial charge on any atom is 0.240 e. The number of aryl methyl sites for hydroxylation is 2. The predicted octanol–water partition coefficient (Wildman–Crippen LogP) is 4.10. The molecule has 3 rings (SSSR count). The highest BCUT2D eigenvalue weighted by Crippen LogP contribution is 2.26. The van der Waals surface area contributed by atoms with Gasteiger partial charge in [0.05, 0.1) is 12.2 Å². The van der Waals surface area contributed by atoms with Crippen LogP contribution in [0.1, 0.15) is 30.9 Å². The van der Waals surface area contributed by atoms with E-state index in [2.05, 4.69) is 54.2 Å². The zero-order chi connectivity index (χ0) is 17.1. The number of likely N-dealkylation sites (tertiary alicyclic amines) is 1. The molecule has 2 heterocycles. The summed E-state index contributed by atoms with van der Waals surface area (Å²) in [4.78, 5) is 19.0. The molecule has 0 unspecified atom stereocenters. The highest BCUT2D eigenvalue weighted by molar-refractivity contribution is 7.14. The van der Waals surface area contributed by atoms with Gasteiger partial charge < -0.3 is 5.32 Å². The normalized spacial score (nSPS) is 16.3. The second-order valence-corrected chi connectivity index (χ2v) is 7.70. The summed E-state index contributed by atoms with van der Waals surface area (Å²) in [5.41, 5.74) is 4.55. The first-order valence-electron chi connectivity index (χ1n) is 8.56. The SMILES string of the molecule is Cc1ccc(-c2csc(NC(=O)CN3CCC(C)CC3)n2)cc1C. The van der Waals surface area contributed by atoms with Crippen LogP contribution in [0.4, 0.5) is 5.13 Å². The van der Waals surface area contributed by atoms with E-state index in [0.29, 0.717) is 11.7 Å². The Morgan fingerprint density at radius 1 is 1.29 bits per heavy atom. The van der Waals surface area contributed by atoms with Gasteiger partial charge >= 0.3 is 0 Å². The number of benzene rings is 1. The lowest BCUT2D eigenvalue weighted by Gasteiger charge is -2.29. The van der Waals surface area contributed by atoms with Crippen LogP contribution in [0.2, 0.25) is 0 Å². The van der Waals surface area contributed by atoms with Crippen molar-refractivity contribution in [3.05, 3.63) is 34.7 Å². The fraction of sp³-hybridized carbons (Fsp3) is 0.474. The summed E-state index contributed by atoms with van der Waals surface area (Å²) >= 11 is 1.48. The quantitative estimate of drug-likeness (QED) is 0.909. The third-order valence-electron chi connectivity index (χ3n) is 4.80. The number of nitrogens with zero attached hydrogens (tertiary/aromatic N) is 2. The number of anilines is 1. The predicted molar refractivity (Wildman–Crippen MR) is 100 cm³/mol. The first-order valence-corrected chi connectivity index (χ1v) is 9.44. The highest BCUT2D eigenvalue weighted by atomic mass is 32.1. The standard InChI is InChI=1S/C19H25N3OS/c1-13-6-8-22(9-7-13)11-18(23)21-19-20-17(12-24-19)16-5-4-14(2)15(3)10-16/h4-5,10,12-13H,6-9,11H2,1-3H3,(H,20,21,23). The first-order chi connectivity index (χ1) is 11.5. The average Bonchev–Trinajstić information content (AvgIpc) is 3.00. The van der Waals surface area contributed by atoms with Crippen LogP contribution in [0, 0.1) is 19.8 Å². The summed E-state index contributed by atoms with van der Waals surface area (Å²) in [6.07, 6.45) is 2.36. The fourth-order valence-electron chi connectivity index (χ4n) is 2.95. The molecule has 4 nitrogen and oxygen atoms in total. The molecule has 0 atom stereocenters. The van der Waals surface area contributed by atoms with Crippen LogP contribution < -0.4 is 5.32 Å². The number of hydrogen-bond donors (Lipinski definition) is 1. The summed E-state index contributed by atoms with van der Waals surface area (Å²) in [6, 6.07) is 6.34. The number of carbonyl (C=O) groups is 1. The maximum atomic E-state index is 12.2. The van der Waals surface area contributed by atoms with E-state index >= 15 is 0 Å². The zero-order valence-corrected chi connectivity index (χ0v) is 15.4. The van der Waals surface area contributed by atoms with E-state index in [-0.39, 0.29) is 5.91 Å². The van der Waals surface area contributed by atoms with E-state index in [9.17, 15) is 4.79 Å². The van der Waals surface area contributed by atoms with E-state index in [1.165, 1.54) is 35.3 Å². The van der Waals surface area contributed by atoms with Crippen molar-refractivity contribution < 1.29 is 4.79 Å². The number of thiazole rings is 1. The van der Waals surface area contributed by atoms with E-state index in [1.807, 2.05) is 5.38 Å². The number of carbonyl (C=O) groups excluding carboxylic acids is 1. The van der Waals surface area contributed by atoms with E-state index in [4.69, 9.17) is 0 Å².